The Bertz CT molecular complexity index is 404. The summed E-state index contributed by atoms with van der Waals surface area (Å²) in [5.74, 6) is 0. The molecule has 0 heterocycles. The number of benzene rings is 1. The van der Waals surface area contributed by atoms with E-state index in [9.17, 15) is 5.11 Å². The molecular formula is C17H27NO2. The molecule has 3 nitrogen and oxygen atoms in total. The first-order chi connectivity index (χ1) is 9.52. The highest BCUT2D eigenvalue weighted by Gasteiger charge is 2.15. The second-order valence-electron chi connectivity index (χ2n) is 5.49. The van der Waals surface area contributed by atoms with Crippen molar-refractivity contribution in [3.63, 3.8) is 0 Å². The molecule has 0 aliphatic rings. The number of aryl methyl sites for hydroxylation is 1. The lowest BCUT2D eigenvalue weighted by atomic mass is 10.1. The molecule has 0 spiro atoms. The van der Waals surface area contributed by atoms with E-state index in [0.29, 0.717) is 25.8 Å². The summed E-state index contributed by atoms with van der Waals surface area (Å²) in [6.07, 6.45) is 1.22. The van der Waals surface area contributed by atoms with Crippen LogP contribution in [0, 0.1) is 6.92 Å². The molecule has 1 atom stereocenters. The van der Waals surface area contributed by atoms with Crippen molar-refractivity contribution < 1.29 is 9.84 Å². The monoisotopic (exact) mass is 277 g/mol. The third-order valence-corrected chi connectivity index (χ3v) is 3.19. The lowest BCUT2D eigenvalue weighted by molar-refractivity contribution is 0.0178. The highest BCUT2D eigenvalue weighted by Crippen LogP contribution is 2.11. The van der Waals surface area contributed by atoms with Gasteiger partial charge in [-0.15, -0.1) is 6.58 Å². The first-order valence-corrected chi connectivity index (χ1v) is 7.19. The average Bonchev–Trinajstić information content (AvgIpc) is 2.38. The van der Waals surface area contributed by atoms with E-state index in [-0.39, 0.29) is 0 Å². The number of ether oxygens (including phenoxy) is 1. The Balaban J connectivity index is 2.54. The van der Waals surface area contributed by atoms with Crippen LogP contribution in [0.25, 0.3) is 0 Å². The molecule has 0 aromatic heterocycles. The molecule has 0 saturated carbocycles. The van der Waals surface area contributed by atoms with Gasteiger partial charge in [0.15, 0.2) is 0 Å². The first-order valence-electron chi connectivity index (χ1n) is 7.19. The van der Waals surface area contributed by atoms with Gasteiger partial charge in [0, 0.05) is 19.1 Å². The Morgan fingerprint density at radius 1 is 1.40 bits per heavy atom. The molecule has 0 aliphatic heterocycles. The van der Waals surface area contributed by atoms with E-state index in [1.54, 1.807) is 6.08 Å². The maximum absolute atomic E-state index is 10.0. The van der Waals surface area contributed by atoms with E-state index >= 15 is 0 Å². The zero-order chi connectivity index (χ0) is 15.0. The van der Waals surface area contributed by atoms with E-state index < -0.39 is 6.10 Å². The van der Waals surface area contributed by atoms with Gasteiger partial charge < -0.3 is 9.84 Å². The normalized spacial score (nSPS) is 12.9. The molecule has 3 heteroatoms. The van der Waals surface area contributed by atoms with Crippen LogP contribution in [-0.2, 0) is 11.3 Å². The van der Waals surface area contributed by atoms with Gasteiger partial charge in [-0.25, -0.2) is 0 Å². The van der Waals surface area contributed by atoms with Gasteiger partial charge in [0.05, 0.1) is 19.3 Å². The fourth-order valence-corrected chi connectivity index (χ4v) is 2.11. The molecule has 0 saturated heterocycles. The topological polar surface area (TPSA) is 32.7 Å². The molecule has 0 unspecified atom stereocenters. The second kappa shape index (κ2) is 8.90. The summed E-state index contributed by atoms with van der Waals surface area (Å²) in [5.41, 5.74) is 2.54. The molecular weight excluding hydrogens is 250 g/mol. The van der Waals surface area contributed by atoms with Crippen molar-refractivity contribution in [3.05, 3.63) is 48.0 Å². The van der Waals surface area contributed by atoms with Crippen molar-refractivity contribution in [2.24, 2.45) is 0 Å². The van der Waals surface area contributed by atoms with E-state index in [1.807, 2.05) is 0 Å². The van der Waals surface area contributed by atoms with Crippen LogP contribution in [0.3, 0.4) is 0 Å². The summed E-state index contributed by atoms with van der Waals surface area (Å²) in [7, 11) is 0. The first kappa shape index (κ1) is 16.9. The van der Waals surface area contributed by atoms with Crippen LogP contribution >= 0.6 is 0 Å². The minimum Gasteiger partial charge on any atom is -0.389 e. The third kappa shape index (κ3) is 6.33. The summed E-state index contributed by atoms with van der Waals surface area (Å²) in [5, 5.41) is 10.0. The van der Waals surface area contributed by atoms with Crippen LogP contribution < -0.4 is 0 Å². The number of hydrogen-bond donors (Lipinski definition) is 1. The van der Waals surface area contributed by atoms with Gasteiger partial charge in [0.1, 0.15) is 0 Å². The third-order valence-electron chi connectivity index (χ3n) is 3.19. The smallest absolute Gasteiger partial charge is 0.0900 e. The predicted octanol–water partition coefficient (Wildman–Crippen LogP) is 2.77. The van der Waals surface area contributed by atoms with E-state index in [0.717, 1.165) is 6.54 Å². The lowest BCUT2D eigenvalue weighted by Gasteiger charge is -2.28. The molecule has 0 radical (unpaired) electrons. The van der Waals surface area contributed by atoms with Gasteiger partial charge in [-0.05, 0) is 26.3 Å². The molecule has 1 N–H and O–H groups in total. The second-order valence-corrected chi connectivity index (χ2v) is 5.49. The Hall–Kier alpha value is -1.16. The van der Waals surface area contributed by atoms with Crippen LogP contribution in [-0.4, -0.2) is 41.9 Å². The molecule has 0 fully saturated rings. The number of aliphatic hydroxyl groups excluding tert-OH is 1. The molecule has 0 bridgehead atoms. The number of rotatable bonds is 9. The summed E-state index contributed by atoms with van der Waals surface area (Å²) < 4.78 is 5.30. The summed E-state index contributed by atoms with van der Waals surface area (Å²) in [6, 6.07) is 8.87. The molecule has 1 aromatic rings. The molecule has 0 aliphatic carbocycles. The van der Waals surface area contributed by atoms with Crippen molar-refractivity contribution in [1.82, 2.24) is 4.90 Å². The van der Waals surface area contributed by atoms with Gasteiger partial charge in [0.25, 0.3) is 0 Å². The number of hydrogen-bond acceptors (Lipinski definition) is 3. The maximum Gasteiger partial charge on any atom is 0.0900 e. The Morgan fingerprint density at radius 2 is 2.15 bits per heavy atom. The van der Waals surface area contributed by atoms with E-state index in [1.165, 1.54) is 11.1 Å². The van der Waals surface area contributed by atoms with Crippen LogP contribution in [0.4, 0.5) is 0 Å². The van der Waals surface area contributed by atoms with Crippen LogP contribution in [0.1, 0.15) is 25.0 Å². The zero-order valence-electron chi connectivity index (χ0n) is 12.9. The van der Waals surface area contributed by atoms with E-state index in [4.69, 9.17) is 4.74 Å². The van der Waals surface area contributed by atoms with Gasteiger partial charge in [-0.1, -0.05) is 35.9 Å². The van der Waals surface area contributed by atoms with Crippen LogP contribution in [0.15, 0.2) is 36.9 Å². The Labute approximate surface area is 122 Å². The van der Waals surface area contributed by atoms with Gasteiger partial charge in [-0.2, -0.15) is 0 Å². The molecule has 1 aromatic carbocycles. The quantitative estimate of drug-likeness (QED) is 0.556. The van der Waals surface area contributed by atoms with Crippen molar-refractivity contribution in [2.75, 3.05) is 19.8 Å². The molecule has 0 amide bonds. The van der Waals surface area contributed by atoms with Gasteiger partial charge in [0.2, 0.25) is 0 Å². The molecule has 112 valence electrons. The zero-order valence-corrected chi connectivity index (χ0v) is 12.9. The van der Waals surface area contributed by atoms with Crippen LogP contribution in [0.2, 0.25) is 0 Å². The lowest BCUT2D eigenvalue weighted by Crippen LogP contribution is -2.38. The largest absolute Gasteiger partial charge is 0.389 e. The maximum atomic E-state index is 10.0. The predicted molar refractivity (Wildman–Crippen MR) is 83.7 cm³/mol. The van der Waals surface area contributed by atoms with Gasteiger partial charge in [-0.3, -0.25) is 4.90 Å². The van der Waals surface area contributed by atoms with Crippen molar-refractivity contribution in [3.8, 4) is 0 Å². The summed E-state index contributed by atoms with van der Waals surface area (Å²) in [4.78, 5) is 2.26. The molecule has 20 heavy (non-hydrogen) atoms. The highest BCUT2D eigenvalue weighted by molar-refractivity contribution is 5.22. The van der Waals surface area contributed by atoms with Crippen molar-refractivity contribution in [1.29, 1.82) is 0 Å². The highest BCUT2D eigenvalue weighted by atomic mass is 16.5. The van der Waals surface area contributed by atoms with Crippen molar-refractivity contribution >= 4 is 0 Å². The fraction of sp³-hybridized carbons (Fsp3) is 0.529. The SMILES string of the molecule is C=CCOC[C@H](O)CN(Cc1cccc(C)c1)C(C)C. The summed E-state index contributed by atoms with van der Waals surface area (Å²) >= 11 is 0. The number of nitrogens with zero attached hydrogens (tertiary/aromatic N) is 1. The standard InChI is InChI=1S/C17H27NO2/c1-5-9-20-13-17(19)12-18(14(2)3)11-16-8-6-7-15(4)10-16/h5-8,10,14,17,19H,1,9,11-13H2,2-4H3/t17-/m1/s1. The minimum absolute atomic E-state index is 0.350. The Kier molecular flexibility index (Phi) is 7.52. The van der Waals surface area contributed by atoms with Gasteiger partial charge >= 0.3 is 0 Å². The minimum atomic E-state index is -0.470. The summed E-state index contributed by atoms with van der Waals surface area (Å²) in [6.45, 7) is 12.3. The van der Waals surface area contributed by atoms with Crippen LogP contribution in [0.5, 0.6) is 0 Å². The molecule has 1 rings (SSSR count). The number of aliphatic hydroxyl groups is 1. The fourth-order valence-electron chi connectivity index (χ4n) is 2.11. The van der Waals surface area contributed by atoms with E-state index in [2.05, 4.69) is 56.5 Å². The average molecular weight is 277 g/mol. The van der Waals surface area contributed by atoms with Crippen molar-refractivity contribution in [2.45, 2.75) is 39.5 Å². The Morgan fingerprint density at radius 3 is 2.75 bits per heavy atom.